The molecule has 0 aromatic heterocycles. The van der Waals surface area contributed by atoms with Gasteiger partial charge in [-0.3, -0.25) is 4.79 Å². The highest BCUT2D eigenvalue weighted by Crippen LogP contribution is 2.38. The lowest BCUT2D eigenvalue weighted by atomic mass is 10.0. The van der Waals surface area contributed by atoms with Gasteiger partial charge in [0.1, 0.15) is 0 Å². The normalized spacial score (nSPS) is 34.4. The van der Waals surface area contributed by atoms with Gasteiger partial charge in [-0.05, 0) is 13.0 Å². The molecule has 0 radical (unpaired) electrons. The van der Waals surface area contributed by atoms with Crippen molar-refractivity contribution >= 4 is 5.91 Å². The van der Waals surface area contributed by atoms with Gasteiger partial charge < -0.3 is 15.3 Å². The zero-order valence-electron chi connectivity index (χ0n) is 9.26. The van der Waals surface area contributed by atoms with Crippen LogP contribution in [0.3, 0.4) is 0 Å². The minimum Gasteiger partial charge on any atom is -0.379 e. The number of aliphatic hydroxyl groups is 1. The summed E-state index contributed by atoms with van der Waals surface area (Å²) in [7, 11) is 0. The van der Waals surface area contributed by atoms with E-state index in [-0.39, 0.29) is 18.4 Å². The molecule has 1 amide bonds. The van der Waals surface area contributed by atoms with Crippen molar-refractivity contribution in [2.24, 2.45) is 5.92 Å². The Morgan fingerprint density at radius 1 is 1.47 bits per heavy atom. The Labute approximate surface area is 96.8 Å². The van der Waals surface area contributed by atoms with Gasteiger partial charge in [-0.2, -0.15) is 13.2 Å². The molecule has 98 valence electrons. The van der Waals surface area contributed by atoms with E-state index in [1.54, 1.807) is 0 Å². The van der Waals surface area contributed by atoms with E-state index < -0.39 is 24.7 Å². The number of carbonyl (C=O) groups is 1. The van der Waals surface area contributed by atoms with E-state index in [1.807, 2.05) is 0 Å². The van der Waals surface area contributed by atoms with Crippen LogP contribution in [-0.4, -0.2) is 53.9 Å². The summed E-state index contributed by atoms with van der Waals surface area (Å²) in [5, 5.41) is 12.5. The van der Waals surface area contributed by atoms with Crippen LogP contribution in [0.5, 0.6) is 0 Å². The third-order valence-electron chi connectivity index (χ3n) is 3.50. The second-order valence-electron chi connectivity index (χ2n) is 4.73. The van der Waals surface area contributed by atoms with Gasteiger partial charge in [0, 0.05) is 19.5 Å². The second-order valence-corrected chi connectivity index (χ2v) is 4.73. The Morgan fingerprint density at radius 2 is 2.18 bits per heavy atom. The molecule has 2 aliphatic rings. The second kappa shape index (κ2) is 4.13. The molecule has 0 saturated carbocycles. The molecule has 2 heterocycles. The molecular weight excluding hydrogens is 237 g/mol. The van der Waals surface area contributed by atoms with Crippen molar-refractivity contribution in [1.29, 1.82) is 0 Å². The summed E-state index contributed by atoms with van der Waals surface area (Å²) >= 11 is 0. The van der Waals surface area contributed by atoms with E-state index in [0.717, 1.165) is 4.90 Å². The summed E-state index contributed by atoms with van der Waals surface area (Å²) in [5.41, 5.74) is -2.73. The Morgan fingerprint density at radius 3 is 2.65 bits per heavy atom. The quantitative estimate of drug-likeness (QED) is 0.697. The van der Waals surface area contributed by atoms with Crippen LogP contribution >= 0.6 is 0 Å². The molecule has 17 heavy (non-hydrogen) atoms. The first-order valence-corrected chi connectivity index (χ1v) is 5.62. The van der Waals surface area contributed by atoms with Crippen LogP contribution in [-0.2, 0) is 4.79 Å². The summed E-state index contributed by atoms with van der Waals surface area (Å²) in [6, 6.07) is 0. The summed E-state index contributed by atoms with van der Waals surface area (Å²) in [6.07, 6.45) is -4.45. The molecule has 2 rings (SSSR count). The predicted molar refractivity (Wildman–Crippen MR) is 53.2 cm³/mol. The average molecular weight is 252 g/mol. The first-order valence-electron chi connectivity index (χ1n) is 5.62. The van der Waals surface area contributed by atoms with Gasteiger partial charge >= 0.3 is 6.18 Å². The van der Waals surface area contributed by atoms with Crippen molar-refractivity contribution in [2.45, 2.75) is 24.6 Å². The fraction of sp³-hybridized carbons (Fsp3) is 0.900. The largest absolute Gasteiger partial charge is 0.419 e. The summed E-state index contributed by atoms with van der Waals surface area (Å²) < 4.78 is 37.7. The minimum absolute atomic E-state index is 0.0225. The van der Waals surface area contributed by atoms with Gasteiger partial charge in [0.25, 0.3) is 0 Å². The highest BCUT2D eigenvalue weighted by molar-refractivity contribution is 5.79. The molecule has 4 nitrogen and oxygen atoms in total. The average Bonchev–Trinajstić information content (AvgIpc) is 2.84. The molecule has 7 heteroatoms. The number of amides is 1. The van der Waals surface area contributed by atoms with Gasteiger partial charge in [0.05, 0.1) is 12.5 Å². The Balaban J connectivity index is 2.00. The molecule has 2 fully saturated rings. The van der Waals surface area contributed by atoms with Crippen LogP contribution in [0.25, 0.3) is 0 Å². The van der Waals surface area contributed by atoms with E-state index in [0.29, 0.717) is 19.5 Å². The Bertz CT molecular complexity index is 315. The maximum atomic E-state index is 12.6. The lowest BCUT2D eigenvalue weighted by Gasteiger charge is -2.26. The molecule has 0 spiro atoms. The highest BCUT2D eigenvalue weighted by Gasteiger charge is 2.58. The fourth-order valence-electron chi connectivity index (χ4n) is 2.34. The van der Waals surface area contributed by atoms with Crippen LogP contribution in [0.15, 0.2) is 0 Å². The first kappa shape index (κ1) is 12.6. The number of carbonyl (C=O) groups excluding carboxylic acids is 1. The first-order chi connectivity index (χ1) is 7.83. The lowest BCUT2D eigenvalue weighted by molar-refractivity contribution is -0.253. The van der Waals surface area contributed by atoms with Crippen molar-refractivity contribution in [2.75, 3.05) is 26.2 Å². The van der Waals surface area contributed by atoms with E-state index in [9.17, 15) is 23.1 Å². The third-order valence-corrected chi connectivity index (χ3v) is 3.50. The van der Waals surface area contributed by atoms with Crippen LogP contribution in [0.4, 0.5) is 13.2 Å². The minimum atomic E-state index is -4.67. The van der Waals surface area contributed by atoms with Crippen LogP contribution in [0.1, 0.15) is 12.8 Å². The summed E-state index contributed by atoms with van der Waals surface area (Å²) in [4.78, 5) is 13.0. The van der Waals surface area contributed by atoms with Crippen LogP contribution in [0.2, 0.25) is 0 Å². The predicted octanol–water partition coefficient (Wildman–Crippen LogP) is 0.122. The van der Waals surface area contributed by atoms with Crippen molar-refractivity contribution in [3.8, 4) is 0 Å². The van der Waals surface area contributed by atoms with E-state index >= 15 is 0 Å². The smallest absolute Gasteiger partial charge is 0.379 e. The number of likely N-dealkylation sites (tertiary alicyclic amines) is 1. The van der Waals surface area contributed by atoms with E-state index in [2.05, 4.69) is 5.32 Å². The monoisotopic (exact) mass is 252 g/mol. The molecule has 0 aromatic rings. The molecule has 2 aliphatic heterocycles. The number of β-amino-alcohol motifs (C(OH)–C–C–N with tert-alkyl or cyclic N) is 1. The number of alkyl halides is 3. The maximum absolute atomic E-state index is 12.6. The Kier molecular flexibility index (Phi) is 3.07. The third kappa shape index (κ3) is 2.26. The molecule has 0 bridgehead atoms. The zero-order valence-corrected chi connectivity index (χ0v) is 9.26. The molecule has 2 atom stereocenters. The SMILES string of the molecule is O=C([C@@H]1CCNC1)N1CC[C@@](O)(C(F)(F)F)C1. The number of hydrogen-bond acceptors (Lipinski definition) is 3. The summed E-state index contributed by atoms with van der Waals surface area (Å²) in [5.74, 6) is -0.527. The van der Waals surface area contributed by atoms with Crippen molar-refractivity contribution in [3.63, 3.8) is 0 Å². The van der Waals surface area contributed by atoms with Gasteiger partial charge in [0.2, 0.25) is 5.91 Å². The van der Waals surface area contributed by atoms with E-state index in [1.165, 1.54) is 0 Å². The lowest BCUT2D eigenvalue weighted by Crippen LogP contribution is -2.48. The fourth-order valence-corrected chi connectivity index (χ4v) is 2.34. The Hall–Kier alpha value is -0.820. The molecular formula is C10H15F3N2O2. The molecule has 0 aliphatic carbocycles. The maximum Gasteiger partial charge on any atom is 0.419 e. The van der Waals surface area contributed by atoms with Gasteiger partial charge in [-0.25, -0.2) is 0 Å². The van der Waals surface area contributed by atoms with Gasteiger partial charge in [0.15, 0.2) is 5.60 Å². The summed E-state index contributed by atoms with van der Waals surface area (Å²) in [6.45, 7) is 0.574. The topological polar surface area (TPSA) is 52.6 Å². The van der Waals surface area contributed by atoms with Gasteiger partial charge in [-0.15, -0.1) is 0 Å². The number of halogens is 3. The van der Waals surface area contributed by atoms with Crippen molar-refractivity contribution in [1.82, 2.24) is 10.2 Å². The van der Waals surface area contributed by atoms with Crippen LogP contribution in [0, 0.1) is 5.92 Å². The van der Waals surface area contributed by atoms with Gasteiger partial charge in [-0.1, -0.05) is 0 Å². The molecule has 0 unspecified atom stereocenters. The number of rotatable bonds is 1. The van der Waals surface area contributed by atoms with Crippen molar-refractivity contribution < 1.29 is 23.1 Å². The standard InChI is InChI=1S/C10H15F3N2O2/c11-10(12,13)9(17)2-4-15(6-9)8(16)7-1-3-14-5-7/h7,14,17H,1-6H2/t7-,9+/m1/s1. The van der Waals surface area contributed by atoms with E-state index in [4.69, 9.17) is 0 Å². The zero-order chi connectivity index (χ0) is 12.7. The number of nitrogens with one attached hydrogen (secondary N) is 1. The number of hydrogen-bond donors (Lipinski definition) is 2. The molecule has 2 saturated heterocycles. The highest BCUT2D eigenvalue weighted by atomic mass is 19.4. The number of nitrogens with zero attached hydrogens (tertiary/aromatic N) is 1. The van der Waals surface area contributed by atoms with Crippen LogP contribution < -0.4 is 5.32 Å². The van der Waals surface area contributed by atoms with Crippen molar-refractivity contribution in [3.05, 3.63) is 0 Å². The molecule has 0 aromatic carbocycles. The molecule has 2 N–H and O–H groups in total.